The number of thioether (sulfide) groups is 1. The summed E-state index contributed by atoms with van der Waals surface area (Å²) in [6.07, 6.45) is 9.58. The van der Waals surface area contributed by atoms with Gasteiger partial charge in [-0.3, -0.25) is 0 Å². The molecule has 1 N–H and O–H groups in total. The van der Waals surface area contributed by atoms with Crippen LogP contribution in [0.25, 0.3) is 0 Å². The van der Waals surface area contributed by atoms with Crippen molar-refractivity contribution in [2.24, 2.45) is 0 Å². The molecule has 0 radical (unpaired) electrons. The predicted octanol–water partition coefficient (Wildman–Crippen LogP) is 3.98. The third-order valence-electron chi connectivity index (χ3n) is 4.60. The third-order valence-corrected chi connectivity index (χ3v) is 6.12. The summed E-state index contributed by atoms with van der Waals surface area (Å²) in [5, 5.41) is 11.0. The second-order valence-electron chi connectivity index (χ2n) is 6.33. The number of aliphatic hydroxyl groups is 1. The van der Waals surface area contributed by atoms with Gasteiger partial charge in [0.25, 0.3) is 0 Å². The molecule has 1 atom stereocenters. The molecule has 1 aliphatic heterocycles. The zero-order chi connectivity index (χ0) is 14.5. The predicted molar refractivity (Wildman–Crippen MR) is 89.3 cm³/mol. The van der Waals surface area contributed by atoms with Crippen LogP contribution in [0.3, 0.4) is 0 Å². The molecule has 0 amide bonds. The van der Waals surface area contributed by atoms with Gasteiger partial charge in [0.2, 0.25) is 0 Å². The van der Waals surface area contributed by atoms with Gasteiger partial charge < -0.3 is 9.84 Å². The standard InChI is InChI=1S/C18H26O2S/c19-16(13-21-17-4-2-1-3-5-17)8-6-14-7-9-18-15(12-14)10-11-20-18/h7,9,12,16-17,19H,1-6,8,10-11,13H2. The van der Waals surface area contributed by atoms with E-state index in [4.69, 9.17) is 4.74 Å². The molecule has 1 fully saturated rings. The maximum atomic E-state index is 10.2. The van der Waals surface area contributed by atoms with Crippen LogP contribution in [0.5, 0.6) is 5.75 Å². The Labute approximate surface area is 132 Å². The van der Waals surface area contributed by atoms with E-state index < -0.39 is 0 Å². The largest absolute Gasteiger partial charge is 0.493 e. The molecule has 0 aromatic heterocycles. The molecule has 3 heteroatoms. The average Bonchev–Trinajstić information content (AvgIpc) is 2.99. The first-order valence-corrected chi connectivity index (χ1v) is 9.40. The SMILES string of the molecule is OC(CCc1ccc2c(c1)CCO2)CSC1CCCCC1. The lowest BCUT2D eigenvalue weighted by molar-refractivity contribution is 0.189. The van der Waals surface area contributed by atoms with E-state index in [1.165, 1.54) is 43.2 Å². The number of aliphatic hydroxyl groups excluding tert-OH is 1. The lowest BCUT2D eigenvalue weighted by Crippen LogP contribution is -2.16. The summed E-state index contributed by atoms with van der Waals surface area (Å²) in [7, 11) is 0. The molecule has 0 saturated heterocycles. The summed E-state index contributed by atoms with van der Waals surface area (Å²) in [5.41, 5.74) is 2.67. The minimum Gasteiger partial charge on any atom is -0.493 e. The number of ether oxygens (including phenoxy) is 1. The Hall–Kier alpha value is -0.670. The molecule has 1 saturated carbocycles. The number of benzene rings is 1. The Kier molecular flexibility index (Phi) is 5.48. The van der Waals surface area contributed by atoms with Crippen molar-refractivity contribution in [2.75, 3.05) is 12.4 Å². The van der Waals surface area contributed by atoms with Gasteiger partial charge in [0.05, 0.1) is 12.7 Å². The molecule has 1 aliphatic carbocycles. The fraction of sp³-hybridized carbons (Fsp3) is 0.667. The van der Waals surface area contributed by atoms with E-state index in [0.717, 1.165) is 42.6 Å². The Morgan fingerprint density at radius 3 is 2.95 bits per heavy atom. The first kappa shape index (κ1) is 15.2. The Morgan fingerprint density at radius 1 is 1.24 bits per heavy atom. The summed E-state index contributed by atoms with van der Waals surface area (Å²) >= 11 is 1.99. The zero-order valence-corrected chi connectivity index (χ0v) is 13.5. The van der Waals surface area contributed by atoms with Crippen LogP contribution in [0.2, 0.25) is 0 Å². The highest BCUT2D eigenvalue weighted by molar-refractivity contribution is 7.99. The molecule has 116 valence electrons. The van der Waals surface area contributed by atoms with Crippen molar-refractivity contribution in [1.82, 2.24) is 0 Å². The van der Waals surface area contributed by atoms with Crippen LogP contribution in [0.4, 0.5) is 0 Å². The van der Waals surface area contributed by atoms with Crippen LogP contribution in [0, 0.1) is 0 Å². The van der Waals surface area contributed by atoms with Crippen molar-refractivity contribution in [3.05, 3.63) is 29.3 Å². The molecule has 0 spiro atoms. The number of fused-ring (bicyclic) bond motifs is 1. The van der Waals surface area contributed by atoms with E-state index in [0.29, 0.717) is 0 Å². The quantitative estimate of drug-likeness (QED) is 0.862. The molecule has 0 bridgehead atoms. The highest BCUT2D eigenvalue weighted by Gasteiger charge is 2.16. The van der Waals surface area contributed by atoms with Gasteiger partial charge in [-0.05, 0) is 42.9 Å². The Balaban J connectivity index is 1.40. The fourth-order valence-electron chi connectivity index (χ4n) is 3.29. The van der Waals surface area contributed by atoms with Crippen LogP contribution in [0.1, 0.15) is 49.7 Å². The van der Waals surface area contributed by atoms with Crippen molar-refractivity contribution < 1.29 is 9.84 Å². The lowest BCUT2D eigenvalue weighted by Gasteiger charge is -2.22. The van der Waals surface area contributed by atoms with Crippen molar-refractivity contribution in [1.29, 1.82) is 0 Å². The minimum atomic E-state index is -0.165. The van der Waals surface area contributed by atoms with E-state index >= 15 is 0 Å². The zero-order valence-electron chi connectivity index (χ0n) is 12.7. The van der Waals surface area contributed by atoms with E-state index in [9.17, 15) is 5.11 Å². The van der Waals surface area contributed by atoms with E-state index in [1.54, 1.807) is 0 Å². The third kappa shape index (κ3) is 4.40. The Morgan fingerprint density at radius 2 is 2.10 bits per heavy atom. The molecule has 2 aliphatic rings. The van der Waals surface area contributed by atoms with Gasteiger partial charge in [-0.2, -0.15) is 11.8 Å². The normalized spacial score (nSPS) is 20.0. The lowest BCUT2D eigenvalue weighted by atomic mass is 10.0. The second-order valence-corrected chi connectivity index (χ2v) is 7.66. The number of aryl methyl sites for hydroxylation is 1. The van der Waals surface area contributed by atoms with Crippen molar-refractivity contribution in [3.8, 4) is 5.75 Å². The minimum absolute atomic E-state index is 0.165. The van der Waals surface area contributed by atoms with E-state index in [1.807, 2.05) is 11.8 Å². The molecular weight excluding hydrogens is 280 g/mol. The van der Waals surface area contributed by atoms with Crippen LogP contribution in [-0.2, 0) is 12.8 Å². The fourth-order valence-corrected chi connectivity index (χ4v) is 4.62. The second kappa shape index (κ2) is 7.55. The molecule has 1 aromatic rings. The van der Waals surface area contributed by atoms with Crippen molar-refractivity contribution >= 4 is 11.8 Å². The van der Waals surface area contributed by atoms with Crippen LogP contribution in [-0.4, -0.2) is 28.8 Å². The van der Waals surface area contributed by atoms with E-state index in [-0.39, 0.29) is 6.10 Å². The summed E-state index contributed by atoms with van der Waals surface area (Å²) in [6.45, 7) is 0.819. The van der Waals surface area contributed by atoms with Gasteiger partial charge in [0, 0.05) is 17.4 Å². The molecule has 3 rings (SSSR count). The van der Waals surface area contributed by atoms with Crippen LogP contribution >= 0.6 is 11.8 Å². The summed E-state index contributed by atoms with van der Waals surface area (Å²) < 4.78 is 5.53. The maximum Gasteiger partial charge on any atom is 0.122 e. The molecule has 1 heterocycles. The summed E-state index contributed by atoms with van der Waals surface area (Å²) in [5.74, 6) is 1.95. The molecule has 2 nitrogen and oxygen atoms in total. The summed E-state index contributed by atoms with van der Waals surface area (Å²) in [6, 6.07) is 6.48. The number of rotatable bonds is 6. The van der Waals surface area contributed by atoms with Gasteiger partial charge in [-0.15, -0.1) is 0 Å². The van der Waals surface area contributed by atoms with Gasteiger partial charge in [-0.25, -0.2) is 0 Å². The maximum absolute atomic E-state index is 10.2. The smallest absolute Gasteiger partial charge is 0.122 e. The van der Waals surface area contributed by atoms with Crippen molar-refractivity contribution in [2.45, 2.75) is 62.7 Å². The highest BCUT2D eigenvalue weighted by Crippen LogP contribution is 2.29. The number of hydrogen-bond donors (Lipinski definition) is 1. The van der Waals surface area contributed by atoms with Gasteiger partial charge in [0.1, 0.15) is 5.75 Å². The van der Waals surface area contributed by atoms with Crippen LogP contribution < -0.4 is 4.74 Å². The van der Waals surface area contributed by atoms with Gasteiger partial charge in [0.15, 0.2) is 0 Å². The van der Waals surface area contributed by atoms with Gasteiger partial charge in [-0.1, -0.05) is 31.4 Å². The van der Waals surface area contributed by atoms with Crippen molar-refractivity contribution in [3.63, 3.8) is 0 Å². The van der Waals surface area contributed by atoms with E-state index in [2.05, 4.69) is 18.2 Å². The molecule has 21 heavy (non-hydrogen) atoms. The molecule has 1 aromatic carbocycles. The van der Waals surface area contributed by atoms with Gasteiger partial charge >= 0.3 is 0 Å². The monoisotopic (exact) mass is 306 g/mol. The first-order valence-electron chi connectivity index (χ1n) is 8.35. The molecular formula is C18H26O2S. The first-order chi connectivity index (χ1) is 10.3. The van der Waals surface area contributed by atoms with Crippen LogP contribution in [0.15, 0.2) is 18.2 Å². The highest BCUT2D eigenvalue weighted by atomic mass is 32.2. The Bertz CT molecular complexity index is 455. The summed E-state index contributed by atoms with van der Waals surface area (Å²) in [4.78, 5) is 0. The average molecular weight is 306 g/mol. The topological polar surface area (TPSA) is 29.5 Å². The number of hydrogen-bond acceptors (Lipinski definition) is 3. The molecule has 1 unspecified atom stereocenters.